The molecule has 8 nitrogen and oxygen atoms in total. The van der Waals surface area contributed by atoms with Crippen LogP contribution in [-0.4, -0.2) is 53.7 Å². The van der Waals surface area contributed by atoms with E-state index in [0.717, 1.165) is 30.8 Å². The van der Waals surface area contributed by atoms with Gasteiger partial charge in [0.25, 0.3) is 11.7 Å². The van der Waals surface area contributed by atoms with Crippen molar-refractivity contribution in [2.24, 2.45) is 0 Å². The molecule has 1 atom stereocenters. The van der Waals surface area contributed by atoms with Crippen LogP contribution >= 0.6 is 0 Å². The molecule has 136 valence electrons. The average molecular weight is 353 g/mol. The number of carbonyl (C=O) groups excluding carboxylic acids is 1. The van der Waals surface area contributed by atoms with Crippen molar-refractivity contribution in [2.75, 3.05) is 13.1 Å². The van der Waals surface area contributed by atoms with E-state index in [1.807, 2.05) is 17.0 Å². The molecule has 4 rings (SSSR count). The lowest BCUT2D eigenvalue weighted by Gasteiger charge is -2.32. The van der Waals surface area contributed by atoms with Crippen LogP contribution in [0.1, 0.15) is 61.4 Å². The Morgan fingerprint density at radius 3 is 2.92 bits per heavy atom. The fourth-order valence-electron chi connectivity index (χ4n) is 3.45. The third-order valence-electron chi connectivity index (χ3n) is 4.94. The summed E-state index contributed by atoms with van der Waals surface area (Å²) in [6, 6.07) is 3.83. The number of aromatic nitrogens is 6. The molecule has 3 aromatic rings. The lowest BCUT2D eigenvalue weighted by atomic mass is 9.92. The SMILES string of the molecule is CC(C)(C)c1cc(C(=O)N2CCCC(c3ccnc4ncnn34)C2)n[nH]1. The zero-order chi connectivity index (χ0) is 18.3. The molecule has 0 saturated carbocycles. The van der Waals surface area contributed by atoms with Gasteiger partial charge < -0.3 is 4.90 Å². The first-order chi connectivity index (χ1) is 12.4. The summed E-state index contributed by atoms with van der Waals surface area (Å²) in [7, 11) is 0. The summed E-state index contributed by atoms with van der Waals surface area (Å²) in [6.45, 7) is 7.68. The third-order valence-corrected chi connectivity index (χ3v) is 4.94. The number of amides is 1. The second-order valence-corrected chi connectivity index (χ2v) is 7.85. The lowest BCUT2D eigenvalue weighted by Crippen LogP contribution is -2.39. The number of nitrogens with zero attached hydrogens (tertiary/aromatic N) is 6. The van der Waals surface area contributed by atoms with Gasteiger partial charge in [0.05, 0.1) is 5.69 Å². The minimum atomic E-state index is -0.0638. The van der Waals surface area contributed by atoms with Gasteiger partial charge in [-0.25, -0.2) is 9.50 Å². The van der Waals surface area contributed by atoms with E-state index in [1.165, 1.54) is 6.33 Å². The van der Waals surface area contributed by atoms with Gasteiger partial charge >= 0.3 is 0 Å². The molecule has 3 aromatic heterocycles. The Labute approximate surface area is 151 Å². The Hall–Kier alpha value is -2.77. The second kappa shape index (κ2) is 6.19. The van der Waals surface area contributed by atoms with Gasteiger partial charge in [-0.1, -0.05) is 20.8 Å². The molecular formula is C18H23N7O. The van der Waals surface area contributed by atoms with E-state index in [0.29, 0.717) is 18.0 Å². The molecule has 1 aliphatic rings. The minimum Gasteiger partial charge on any atom is -0.337 e. The van der Waals surface area contributed by atoms with Gasteiger partial charge in [0.15, 0.2) is 0 Å². The highest BCUT2D eigenvalue weighted by molar-refractivity contribution is 5.92. The van der Waals surface area contributed by atoms with Gasteiger partial charge in [0, 0.05) is 36.3 Å². The molecule has 1 fully saturated rings. The summed E-state index contributed by atoms with van der Waals surface area (Å²) in [5, 5.41) is 11.5. The number of hydrogen-bond acceptors (Lipinski definition) is 5. The van der Waals surface area contributed by atoms with Crippen molar-refractivity contribution in [2.45, 2.75) is 44.9 Å². The van der Waals surface area contributed by atoms with Crippen LogP contribution in [0, 0.1) is 0 Å². The van der Waals surface area contributed by atoms with E-state index in [2.05, 4.69) is 46.0 Å². The molecule has 0 spiro atoms. The molecule has 1 saturated heterocycles. The fourth-order valence-corrected chi connectivity index (χ4v) is 3.45. The number of carbonyl (C=O) groups is 1. The van der Waals surface area contributed by atoms with E-state index >= 15 is 0 Å². The van der Waals surface area contributed by atoms with Crippen LogP contribution < -0.4 is 0 Å². The molecule has 4 heterocycles. The van der Waals surface area contributed by atoms with Crippen LogP contribution in [0.5, 0.6) is 0 Å². The molecule has 0 bridgehead atoms. The van der Waals surface area contributed by atoms with E-state index in [9.17, 15) is 4.79 Å². The quantitative estimate of drug-likeness (QED) is 0.762. The predicted molar refractivity (Wildman–Crippen MR) is 95.9 cm³/mol. The molecule has 0 aliphatic carbocycles. The summed E-state index contributed by atoms with van der Waals surface area (Å²) in [4.78, 5) is 23.2. The lowest BCUT2D eigenvalue weighted by molar-refractivity contribution is 0.0699. The Morgan fingerprint density at radius 2 is 2.15 bits per heavy atom. The topological polar surface area (TPSA) is 92.1 Å². The predicted octanol–water partition coefficient (Wildman–Crippen LogP) is 2.16. The van der Waals surface area contributed by atoms with Crippen LogP contribution in [0.15, 0.2) is 24.7 Å². The minimum absolute atomic E-state index is 0.0228. The van der Waals surface area contributed by atoms with Crippen LogP contribution in [0.3, 0.4) is 0 Å². The first kappa shape index (κ1) is 16.7. The molecule has 1 N–H and O–H groups in total. The zero-order valence-electron chi connectivity index (χ0n) is 15.3. The van der Waals surface area contributed by atoms with Crippen LogP contribution in [0.25, 0.3) is 5.78 Å². The maximum Gasteiger partial charge on any atom is 0.274 e. The fraction of sp³-hybridized carbons (Fsp3) is 0.500. The van der Waals surface area contributed by atoms with E-state index in [4.69, 9.17) is 0 Å². The molecule has 26 heavy (non-hydrogen) atoms. The average Bonchev–Trinajstić information content (AvgIpc) is 3.29. The van der Waals surface area contributed by atoms with E-state index in [1.54, 1.807) is 10.7 Å². The molecule has 1 amide bonds. The second-order valence-electron chi connectivity index (χ2n) is 7.85. The van der Waals surface area contributed by atoms with Gasteiger partial charge in [-0.15, -0.1) is 0 Å². The Morgan fingerprint density at radius 1 is 1.31 bits per heavy atom. The number of H-pyrrole nitrogens is 1. The number of hydrogen-bond donors (Lipinski definition) is 1. The number of likely N-dealkylation sites (tertiary alicyclic amines) is 1. The maximum atomic E-state index is 12.9. The van der Waals surface area contributed by atoms with E-state index < -0.39 is 0 Å². The summed E-state index contributed by atoms with van der Waals surface area (Å²) in [5.74, 6) is 0.777. The van der Waals surface area contributed by atoms with Crippen LogP contribution in [-0.2, 0) is 5.41 Å². The number of rotatable bonds is 2. The number of nitrogens with one attached hydrogen (secondary N) is 1. The molecule has 0 radical (unpaired) electrons. The monoisotopic (exact) mass is 353 g/mol. The number of fused-ring (bicyclic) bond motifs is 1. The van der Waals surface area contributed by atoms with Crippen molar-refractivity contribution in [1.29, 1.82) is 0 Å². The summed E-state index contributed by atoms with van der Waals surface area (Å²) >= 11 is 0. The first-order valence-corrected chi connectivity index (χ1v) is 8.93. The van der Waals surface area contributed by atoms with Crippen molar-refractivity contribution >= 4 is 11.7 Å². The largest absolute Gasteiger partial charge is 0.337 e. The standard InChI is InChI=1S/C18H23N7O/c1-18(2,3)15-9-13(22-23-15)16(26)24-8-4-5-12(10-24)14-6-7-19-17-20-11-21-25(14)17/h6-7,9,11-12H,4-5,8,10H2,1-3H3,(H,22,23). The normalized spacial score (nSPS) is 18.4. The van der Waals surface area contributed by atoms with Crippen molar-refractivity contribution in [1.82, 2.24) is 34.7 Å². The number of aromatic amines is 1. The Kier molecular flexibility index (Phi) is 3.97. The molecular weight excluding hydrogens is 330 g/mol. The van der Waals surface area contributed by atoms with Gasteiger partial charge in [-0.2, -0.15) is 15.2 Å². The van der Waals surface area contributed by atoms with Gasteiger partial charge in [-0.05, 0) is 25.0 Å². The highest BCUT2D eigenvalue weighted by Crippen LogP contribution is 2.28. The van der Waals surface area contributed by atoms with Crippen molar-refractivity contribution < 1.29 is 4.79 Å². The van der Waals surface area contributed by atoms with Crippen molar-refractivity contribution in [3.05, 3.63) is 41.7 Å². The highest BCUT2D eigenvalue weighted by atomic mass is 16.2. The highest BCUT2D eigenvalue weighted by Gasteiger charge is 2.29. The van der Waals surface area contributed by atoms with E-state index in [-0.39, 0.29) is 17.2 Å². The van der Waals surface area contributed by atoms with Gasteiger partial charge in [-0.3, -0.25) is 9.89 Å². The summed E-state index contributed by atoms with van der Waals surface area (Å²) < 4.78 is 1.77. The Balaban J connectivity index is 1.56. The zero-order valence-corrected chi connectivity index (χ0v) is 15.3. The van der Waals surface area contributed by atoms with Crippen LogP contribution in [0.2, 0.25) is 0 Å². The van der Waals surface area contributed by atoms with Gasteiger partial charge in [0.1, 0.15) is 12.0 Å². The van der Waals surface area contributed by atoms with Crippen LogP contribution in [0.4, 0.5) is 0 Å². The number of piperidine rings is 1. The molecule has 1 aliphatic heterocycles. The Bertz CT molecular complexity index is 936. The maximum absolute atomic E-state index is 12.9. The molecule has 1 unspecified atom stereocenters. The summed E-state index contributed by atoms with van der Waals surface area (Å²) in [6.07, 6.45) is 5.22. The first-order valence-electron chi connectivity index (χ1n) is 8.93. The van der Waals surface area contributed by atoms with Crippen molar-refractivity contribution in [3.63, 3.8) is 0 Å². The summed E-state index contributed by atoms with van der Waals surface area (Å²) in [5.41, 5.74) is 2.43. The van der Waals surface area contributed by atoms with Crippen molar-refractivity contribution in [3.8, 4) is 0 Å². The van der Waals surface area contributed by atoms with Gasteiger partial charge in [0.2, 0.25) is 0 Å². The molecule has 8 heteroatoms. The smallest absolute Gasteiger partial charge is 0.274 e. The molecule has 0 aromatic carbocycles. The third kappa shape index (κ3) is 2.95.